The van der Waals surface area contributed by atoms with Crippen LogP contribution in [0.25, 0.3) is 0 Å². The normalized spacial score (nSPS) is 15.8. The number of aryl methyl sites for hydroxylation is 2. The van der Waals surface area contributed by atoms with Crippen LogP contribution in [-0.4, -0.2) is 43.5 Å². The molecule has 164 valence electrons. The summed E-state index contributed by atoms with van der Waals surface area (Å²) in [5.74, 6) is 1.20. The molecule has 2 heterocycles. The van der Waals surface area contributed by atoms with Crippen LogP contribution in [0.1, 0.15) is 43.2 Å². The second-order valence-electron chi connectivity index (χ2n) is 7.52. The fourth-order valence-electron chi connectivity index (χ4n) is 3.80. The molecule has 0 aliphatic carbocycles. The first-order valence-corrected chi connectivity index (χ1v) is 11.7. The van der Waals surface area contributed by atoms with Gasteiger partial charge in [-0.3, -0.25) is 4.79 Å². The predicted octanol–water partition coefficient (Wildman–Crippen LogP) is 2.80. The van der Waals surface area contributed by atoms with E-state index in [0.717, 1.165) is 11.3 Å². The van der Waals surface area contributed by atoms with E-state index in [1.54, 1.807) is 13.8 Å². The highest BCUT2D eigenvalue weighted by molar-refractivity contribution is 7.89. The summed E-state index contributed by atoms with van der Waals surface area (Å²) in [6.45, 7) is 6.91. The van der Waals surface area contributed by atoms with Crippen molar-refractivity contribution in [2.75, 3.05) is 19.7 Å². The molecule has 8 nitrogen and oxygen atoms in total. The minimum Gasteiger partial charge on any atom is -0.494 e. The molecule has 9 heteroatoms. The number of benzene rings is 1. The lowest BCUT2D eigenvalue weighted by Gasteiger charge is -2.30. The zero-order valence-electron chi connectivity index (χ0n) is 17.7. The minimum atomic E-state index is -3.63. The predicted molar refractivity (Wildman–Crippen MR) is 112 cm³/mol. The van der Waals surface area contributed by atoms with Gasteiger partial charge in [-0.25, -0.2) is 8.42 Å². The Morgan fingerprint density at radius 2 is 1.97 bits per heavy atom. The van der Waals surface area contributed by atoms with Crippen LogP contribution in [0, 0.1) is 19.8 Å². The molecule has 1 aliphatic heterocycles. The fraction of sp³-hybridized carbons (Fsp3) is 0.524. The zero-order valence-corrected chi connectivity index (χ0v) is 18.5. The van der Waals surface area contributed by atoms with E-state index in [4.69, 9.17) is 9.26 Å². The Bertz CT molecular complexity index is 959. The molecule has 1 N–H and O–H groups in total. The number of aromatic nitrogens is 1. The van der Waals surface area contributed by atoms with E-state index in [-0.39, 0.29) is 16.7 Å². The Balaban J connectivity index is 1.51. The van der Waals surface area contributed by atoms with Gasteiger partial charge in [-0.05, 0) is 45.6 Å². The van der Waals surface area contributed by atoms with E-state index in [1.807, 2.05) is 31.2 Å². The lowest BCUT2D eigenvalue weighted by atomic mass is 9.94. The quantitative estimate of drug-likeness (QED) is 0.684. The lowest BCUT2D eigenvalue weighted by Crippen LogP contribution is -2.39. The third kappa shape index (κ3) is 5.02. The van der Waals surface area contributed by atoms with Crippen molar-refractivity contribution in [3.05, 3.63) is 41.3 Å². The summed E-state index contributed by atoms with van der Waals surface area (Å²) in [7, 11) is -3.63. The van der Waals surface area contributed by atoms with Crippen LogP contribution in [0.2, 0.25) is 0 Å². The number of nitrogens with one attached hydrogen (secondary N) is 1. The Morgan fingerprint density at radius 1 is 1.27 bits per heavy atom. The first kappa shape index (κ1) is 22.3. The maximum absolute atomic E-state index is 12.9. The van der Waals surface area contributed by atoms with Crippen LogP contribution in [0.15, 0.2) is 33.7 Å². The molecule has 2 aromatic rings. The number of carbonyl (C=O) groups excluding carboxylic acids is 1. The SMILES string of the molecule is CCOc1ccccc1CNC(=O)CC1CCN(S(=O)(=O)c2c(C)noc2C)CC1. The van der Waals surface area contributed by atoms with Gasteiger partial charge in [0.15, 0.2) is 5.76 Å². The maximum atomic E-state index is 12.9. The number of hydrogen-bond donors (Lipinski definition) is 1. The summed E-state index contributed by atoms with van der Waals surface area (Å²) < 4.78 is 37.9. The van der Waals surface area contributed by atoms with Gasteiger partial charge in [0.05, 0.1) is 6.61 Å². The number of nitrogens with zero attached hydrogens (tertiary/aromatic N) is 2. The van der Waals surface area contributed by atoms with Gasteiger partial charge in [-0.2, -0.15) is 4.31 Å². The van der Waals surface area contributed by atoms with Gasteiger partial charge >= 0.3 is 0 Å². The van der Waals surface area contributed by atoms with Crippen molar-refractivity contribution in [1.29, 1.82) is 0 Å². The third-order valence-electron chi connectivity index (χ3n) is 5.36. The van der Waals surface area contributed by atoms with Crippen LogP contribution in [0.4, 0.5) is 0 Å². The molecule has 30 heavy (non-hydrogen) atoms. The Hall–Kier alpha value is -2.39. The fourth-order valence-corrected chi connectivity index (χ4v) is 5.56. The van der Waals surface area contributed by atoms with Gasteiger partial charge in [-0.1, -0.05) is 23.4 Å². The average molecular weight is 436 g/mol. The number of para-hydroxylation sites is 1. The Kier molecular flexibility index (Phi) is 7.14. The van der Waals surface area contributed by atoms with Crippen molar-refractivity contribution in [3.8, 4) is 5.75 Å². The van der Waals surface area contributed by atoms with E-state index in [1.165, 1.54) is 4.31 Å². The Morgan fingerprint density at radius 3 is 2.60 bits per heavy atom. The number of rotatable bonds is 8. The zero-order chi connectivity index (χ0) is 21.7. The van der Waals surface area contributed by atoms with Crippen LogP contribution in [0.3, 0.4) is 0 Å². The summed E-state index contributed by atoms with van der Waals surface area (Å²) in [5, 5.41) is 6.70. The van der Waals surface area contributed by atoms with Crippen molar-refractivity contribution in [2.45, 2.75) is 51.5 Å². The van der Waals surface area contributed by atoms with Gasteiger partial charge in [0, 0.05) is 31.6 Å². The molecule has 0 unspecified atom stereocenters. The molecule has 0 saturated carbocycles. The molecular formula is C21H29N3O5S. The van der Waals surface area contributed by atoms with E-state index in [2.05, 4.69) is 10.5 Å². The van der Waals surface area contributed by atoms with Gasteiger partial charge in [0.25, 0.3) is 0 Å². The number of amides is 1. The number of ether oxygens (including phenoxy) is 1. The molecule has 1 saturated heterocycles. The largest absolute Gasteiger partial charge is 0.494 e. The molecule has 0 radical (unpaired) electrons. The molecule has 1 amide bonds. The van der Waals surface area contributed by atoms with E-state index in [0.29, 0.717) is 57.0 Å². The van der Waals surface area contributed by atoms with Crippen LogP contribution >= 0.6 is 0 Å². The second kappa shape index (κ2) is 9.61. The summed E-state index contributed by atoms with van der Waals surface area (Å²) in [6.07, 6.45) is 1.67. The van der Waals surface area contributed by atoms with E-state index < -0.39 is 10.0 Å². The number of carbonyl (C=O) groups is 1. The molecular weight excluding hydrogens is 406 g/mol. The summed E-state index contributed by atoms with van der Waals surface area (Å²) >= 11 is 0. The molecule has 0 atom stereocenters. The molecule has 1 aromatic heterocycles. The summed E-state index contributed by atoms with van der Waals surface area (Å²) in [6, 6.07) is 7.64. The highest BCUT2D eigenvalue weighted by Crippen LogP contribution is 2.28. The summed E-state index contributed by atoms with van der Waals surface area (Å²) in [5.41, 5.74) is 1.31. The van der Waals surface area contributed by atoms with Gasteiger partial charge in [0.2, 0.25) is 15.9 Å². The Labute approximate surface area is 177 Å². The van der Waals surface area contributed by atoms with Crippen molar-refractivity contribution in [3.63, 3.8) is 0 Å². The van der Waals surface area contributed by atoms with Crippen LogP contribution < -0.4 is 10.1 Å². The van der Waals surface area contributed by atoms with Gasteiger partial charge in [0.1, 0.15) is 16.3 Å². The second-order valence-corrected chi connectivity index (χ2v) is 9.40. The van der Waals surface area contributed by atoms with Gasteiger partial charge in [-0.15, -0.1) is 0 Å². The standard InChI is InChI=1S/C21H29N3O5S/c1-4-28-19-8-6-5-7-18(19)14-22-20(25)13-17-9-11-24(12-10-17)30(26,27)21-15(2)23-29-16(21)3/h5-8,17H,4,9-14H2,1-3H3,(H,22,25). The number of hydrogen-bond acceptors (Lipinski definition) is 6. The molecule has 1 aliphatic rings. The van der Waals surface area contributed by atoms with Crippen molar-refractivity contribution in [1.82, 2.24) is 14.8 Å². The number of sulfonamides is 1. The smallest absolute Gasteiger partial charge is 0.248 e. The third-order valence-corrected chi connectivity index (χ3v) is 7.51. The van der Waals surface area contributed by atoms with E-state index >= 15 is 0 Å². The molecule has 0 bridgehead atoms. The first-order chi connectivity index (χ1) is 14.3. The molecule has 0 spiro atoms. The first-order valence-electron chi connectivity index (χ1n) is 10.2. The van der Waals surface area contributed by atoms with Gasteiger partial charge < -0.3 is 14.6 Å². The van der Waals surface area contributed by atoms with Crippen molar-refractivity contribution >= 4 is 15.9 Å². The molecule has 1 fully saturated rings. The monoisotopic (exact) mass is 435 g/mol. The minimum absolute atomic E-state index is 0.0340. The van der Waals surface area contributed by atoms with Crippen LogP contribution in [0.5, 0.6) is 5.75 Å². The van der Waals surface area contributed by atoms with Crippen molar-refractivity contribution in [2.24, 2.45) is 5.92 Å². The molecule has 3 rings (SSSR count). The number of piperidine rings is 1. The topological polar surface area (TPSA) is 102 Å². The molecule has 1 aromatic carbocycles. The highest BCUT2D eigenvalue weighted by atomic mass is 32.2. The lowest BCUT2D eigenvalue weighted by molar-refractivity contribution is -0.122. The van der Waals surface area contributed by atoms with Crippen LogP contribution in [-0.2, 0) is 21.4 Å². The highest BCUT2D eigenvalue weighted by Gasteiger charge is 2.34. The maximum Gasteiger partial charge on any atom is 0.248 e. The van der Waals surface area contributed by atoms with Crippen molar-refractivity contribution < 1.29 is 22.5 Å². The summed E-state index contributed by atoms with van der Waals surface area (Å²) in [4.78, 5) is 12.6. The average Bonchev–Trinajstić information content (AvgIpc) is 3.07. The van der Waals surface area contributed by atoms with E-state index in [9.17, 15) is 13.2 Å².